The lowest BCUT2D eigenvalue weighted by molar-refractivity contribution is -0.139. The van der Waals surface area contributed by atoms with Crippen molar-refractivity contribution in [1.29, 1.82) is 0 Å². The summed E-state index contributed by atoms with van der Waals surface area (Å²) in [6.45, 7) is 7.79. The number of nitrogens with zero attached hydrogens (tertiary/aromatic N) is 2. The van der Waals surface area contributed by atoms with Gasteiger partial charge in [0.25, 0.3) is 5.56 Å². The Morgan fingerprint density at radius 1 is 1.11 bits per heavy atom. The zero-order valence-corrected chi connectivity index (χ0v) is 30.5. The highest BCUT2D eigenvalue weighted by atomic mass is 79.9. The van der Waals surface area contributed by atoms with E-state index in [1.54, 1.807) is 51.3 Å². The molecule has 0 saturated heterocycles. The second-order valence-electron chi connectivity index (χ2n) is 10.6. The van der Waals surface area contributed by atoms with Crippen molar-refractivity contribution in [3.8, 4) is 17.2 Å². The molecular weight excluding hydrogens is 760 g/mol. The fourth-order valence-corrected chi connectivity index (χ4v) is 7.28. The number of carbonyl (C=O) groups excluding carboxylic acids is 1. The van der Waals surface area contributed by atoms with Crippen LogP contribution in [-0.2, 0) is 16.1 Å². The quantitative estimate of drug-likeness (QED) is 0.156. The van der Waals surface area contributed by atoms with Gasteiger partial charge in [-0.15, -0.1) is 0 Å². The molecule has 2 heterocycles. The molecule has 240 valence electrons. The Bertz CT molecular complexity index is 2000. The lowest BCUT2D eigenvalue weighted by atomic mass is 9.95. The highest BCUT2D eigenvalue weighted by Crippen LogP contribution is 2.37. The van der Waals surface area contributed by atoms with Gasteiger partial charge in [0.05, 0.1) is 46.1 Å². The maximum Gasteiger partial charge on any atom is 0.338 e. The SMILES string of the molecule is CCOC(=O)C1=C(C)N=c2s/c(=C/c3cc(Cl)cc(Br)c3OCc3ccc(Br)cc3)c(=O)n2[C@H]1c1ccc(OC(C)C)c(OC)c1. The minimum Gasteiger partial charge on any atom is -0.493 e. The molecule has 5 rings (SSSR count). The monoisotopic (exact) mass is 788 g/mol. The molecule has 3 aromatic carbocycles. The van der Waals surface area contributed by atoms with Crippen LogP contribution < -0.4 is 29.1 Å². The molecule has 0 spiro atoms. The first-order chi connectivity index (χ1) is 22.0. The zero-order chi connectivity index (χ0) is 33.1. The van der Waals surface area contributed by atoms with E-state index in [2.05, 4.69) is 36.9 Å². The van der Waals surface area contributed by atoms with Crippen LogP contribution in [0.5, 0.6) is 17.2 Å². The van der Waals surface area contributed by atoms with Gasteiger partial charge in [-0.25, -0.2) is 9.79 Å². The first-order valence-corrected chi connectivity index (χ1v) is 17.2. The molecule has 0 radical (unpaired) electrons. The molecule has 4 aromatic rings. The van der Waals surface area contributed by atoms with E-state index in [0.717, 1.165) is 10.0 Å². The number of allylic oxidation sites excluding steroid dienone is 1. The minimum absolute atomic E-state index is 0.0788. The maximum atomic E-state index is 14.3. The van der Waals surface area contributed by atoms with Crippen molar-refractivity contribution in [1.82, 2.24) is 4.57 Å². The molecule has 0 saturated carbocycles. The molecular formula is C34H31Br2ClN2O6S. The number of hydrogen-bond donors (Lipinski definition) is 0. The van der Waals surface area contributed by atoms with Gasteiger partial charge in [0, 0.05) is 15.1 Å². The number of halogens is 3. The van der Waals surface area contributed by atoms with Crippen LogP contribution in [0.25, 0.3) is 6.08 Å². The van der Waals surface area contributed by atoms with Crippen LogP contribution in [0.2, 0.25) is 5.02 Å². The Morgan fingerprint density at radius 3 is 2.52 bits per heavy atom. The first kappa shape index (κ1) is 34.0. The van der Waals surface area contributed by atoms with E-state index in [9.17, 15) is 9.59 Å². The Hall–Kier alpha value is -3.38. The molecule has 0 aliphatic carbocycles. The summed E-state index contributed by atoms with van der Waals surface area (Å²) in [4.78, 5) is 32.7. The third-order valence-electron chi connectivity index (χ3n) is 7.00. The topological polar surface area (TPSA) is 88.4 Å². The van der Waals surface area contributed by atoms with Gasteiger partial charge in [0.1, 0.15) is 12.4 Å². The van der Waals surface area contributed by atoms with Crippen LogP contribution in [0.1, 0.15) is 50.4 Å². The van der Waals surface area contributed by atoms with Crippen molar-refractivity contribution in [2.24, 2.45) is 4.99 Å². The molecule has 12 heteroatoms. The van der Waals surface area contributed by atoms with Crippen molar-refractivity contribution >= 4 is 66.8 Å². The molecule has 0 unspecified atom stereocenters. The molecule has 0 bridgehead atoms. The smallest absolute Gasteiger partial charge is 0.338 e. The average molecular weight is 791 g/mol. The summed E-state index contributed by atoms with van der Waals surface area (Å²) in [6.07, 6.45) is 1.66. The normalized spacial score (nSPS) is 14.6. The van der Waals surface area contributed by atoms with Gasteiger partial charge in [-0.05, 0) is 97.2 Å². The molecule has 1 aromatic heterocycles. The highest BCUT2D eigenvalue weighted by Gasteiger charge is 2.34. The fraction of sp³-hybridized carbons (Fsp3) is 0.265. The lowest BCUT2D eigenvalue weighted by Crippen LogP contribution is -2.40. The first-order valence-electron chi connectivity index (χ1n) is 14.4. The number of benzene rings is 3. The maximum absolute atomic E-state index is 14.3. The molecule has 0 amide bonds. The van der Waals surface area contributed by atoms with E-state index >= 15 is 0 Å². The number of hydrogen-bond acceptors (Lipinski definition) is 8. The second-order valence-corrected chi connectivity index (χ2v) is 13.8. The minimum atomic E-state index is -0.821. The number of ether oxygens (including phenoxy) is 4. The molecule has 1 atom stereocenters. The van der Waals surface area contributed by atoms with Gasteiger partial charge < -0.3 is 18.9 Å². The van der Waals surface area contributed by atoms with Gasteiger partial charge >= 0.3 is 5.97 Å². The molecule has 0 fully saturated rings. The zero-order valence-electron chi connectivity index (χ0n) is 25.7. The fourth-order valence-electron chi connectivity index (χ4n) is 5.03. The van der Waals surface area contributed by atoms with Crippen molar-refractivity contribution < 1.29 is 23.7 Å². The predicted octanol–water partition coefficient (Wildman–Crippen LogP) is 7.35. The van der Waals surface area contributed by atoms with E-state index in [0.29, 0.717) is 59.5 Å². The Kier molecular flexibility index (Phi) is 10.8. The lowest BCUT2D eigenvalue weighted by Gasteiger charge is -2.25. The van der Waals surface area contributed by atoms with Crippen molar-refractivity contribution in [2.75, 3.05) is 13.7 Å². The third kappa shape index (κ3) is 7.27. The van der Waals surface area contributed by atoms with Crippen LogP contribution in [0.4, 0.5) is 0 Å². The highest BCUT2D eigenvalue weighted by molar-refractivity contribution is 9.10. The van der Waals surface area contributed by atoms with Crippen molar-refractivity contribution in [2.45, 2.75) is 46.4 Å². The standard InChI is InChI=1S/C34H31Br2ClN2O6S/c1-6-43-33(41)29-19(4)38-34-39(30(29)21-9-12-26(45-18(2)3)27(14-21)42-5)32(40)28(46-34)15-22-13-24(37)16-25(36)31(22)44-17-20-7-10-23(35)11-8-20/h7-16,18,30H,6,17H2,1-5H3/b28-15+/t30-/m0/s1. The van der Waals surface area contributed by atoms with Gasteiger partial charge in [0.15, 0.2) is 16.3 Å². The summed E-state index contributed by atoms with van der Waals surface area (Å²) in [7, 11) is 1.55. The molecule has 1 aliphatic rings. The number of fused-ring (bicyclic) bond motifs is 1. The van der Waals surface area contributed by atoms with Gasteiger partial charge in [0.2, 0.25) is 0 Å². The van der Waals surface area contributed by atoms with Crippen LogP contribution in [0.15, 0.2) is 84.6 Å². The summed E-state index contributed by atoms with van der Waals surface area (Å²) in [5.74, 6) is 1.01. The van der Waals surface area contributed by atoms with Crippen molar-refractivity contribution in [3.63, 3.8) is 0 Å². The number of rotatable bonds is 10. The summed E-state index contributed by atoms with van der Waals surface area (Å²) in [5.41, 5.74) is 2.61. The van der Waals surface area contributed by atoms with E-state index in [1.807, 2.05) is 44.2 Å². The number of carbonyl (C=O) groups is 1. The number of aromatic nitrogens is 1. The Balaban J connectivity index is 1.66. The predicted molar refractivity (Wildman–Crippen MR) is 187 cm³/mol. The van der Waals surface area contributed by atoms with Crippen LogP contribution in [0, 0.1) is 0 Å². The molecule has 0 N–H and O–H groups in total. The van der Waals surface area contributed by atoms with E-state index in [1.165, 1.54) is 15.9 Å². The summed E-state index contributed by atoms with van der Waals surface area (Å²) >= 11 is 14.7. The number of esters is 1. The largest absolute Gasteiger partial charge is 0.493 e. The van der Waals surface area contributed by atoms with Crippen LogP contribution in [0.3, 0.4) is 0 Å². The van der Waals surface area contributed by atoms with E-state index < -0.39 is 12.0 Å². The average Bonchev–Trinajstić information content (AvgIpc) is 3.30. The Labute approximate surface area is 292 Å². The second kappa shape index (κ2) is 14.6. The van der Waals surface area contributed by atoms with Gasteiger partial charge in [-0.1, -0.05) is 57.1 Å². The number of thiazole rings is 1. The Morgan fingerprint density at radius 2 is 1.85 bits per heavy atom. The van der Waals surface area contributed by atoms with Crippen LogP contribution >= 0.6 is 54.8 Å². The van der Waals surface area contributed by atoms with Gasteiger partial charge in [-0.3, -0.25) is 9.36 Å². The van der Waals surface area contributed by atoms with Crippen molar-refractivity contribution in [3.05, 3.63) is 116 Å². The summed E-state index contributed by atoms with van der Waals surface area (Å²) in [6, 6.07) is 15.9. The van der Waals surface area contributed by atoms with E-state index in [-0.39, 0.29) is 23.8 Å². The summed E-state index contributed by atoms with van der Waals surface area (Å²) < 4.78 is 26.7. The van der Waals surface area contributed by atoms with E-state index in [4.69, 9.17) is 30.5 Å². The molecule has 1 aliphatic heterocycles. The number of methoxy groups -OCH3 is 1. The third-order valence-corrected chi connectivity index (χ3v) is 9.32. The van der Waals surface area contributed by atoms with Crippen LogP contribution in [-0.4, -0.2) is 30.4 Å². The van der Waals surface area contributed by atoms with Gasteiger partial charge in [-0.2, -0.15) is 0 Å². The summed E-state index contributed by atoms with van der Waals surface area (Å²) in [5, 5.41) is 0.469. The molecule has 46 heavy (non-hydrogen) atoms. The molecule has 8 nitrogen and oxygen atoms in total.